The van der Waals surface area contributed by atoms with Crippen molar-refractivity contribution in [2.75, 3.05) is 31.5 Å². The number of nitrogens with zero attached hydrogens (tertiary/aromatic N) is 4. The second kappa shape index (κ2) is 7.51. The second-order valence-corrected chi connectivity index (χ2v) is 6.72. The molecule has 1 aromatic rings. The number of nitrogens with one attached hydrogen (secondary N) is 1. The van der Waals surface area contributed by atoms with Gasteiger partial charge in [-0.2, -0.15) is 5.26 Å². The smallest absolute Gasteiger partial charge is 0.319 e. The van der Waals surface area contributed by atoms with Crippen LogP contribution in [0.2, 0.25) is 0 Å². The number of urea groups is 1. The molecule has 0 spiro atoms. The third-order valence-electron chi connectivity index (χ3n) is 4.85. The molecular weight excluding hydrogens is 318 g/mol. The van der Waals surface area contributed by atoms with E-state index in [0.717, 1.165) is 25.9 Å². The number of anilines is 1. The van der Waals surface area contributed by atoms with E-state index in [1.807, 2.05) is 9.80 Å². The SMILES string of the molecule is Cc1cc(C#N)cc(NC(=O)C2CCN(C(=O)N3CCCC3)CC2)n1. The lowest BCUT2D eigenvalue weighted by Crippen LogP contribution is -2.47. The van der Waals surface area contributed by atoms with E-state index in [4.69, 9.17) is 5.26 Å². The van der Waals surface area contributed by atoms with Crippen LogP contribution in [0, 0.1) is 24.2 Å². The zero-order valence-corrected chi connectivity index (χ0v) is 14.5. The molecule has 0 atom stereocenters. The van der Waals surface area contributed by atoms with Crippen molar-refractivity contribution >= 4 is 17.8 Å². The normalized spacial score (nSPS) is 18.1. The summed E-state index contributed by atoms with van der Waals surface area (Å²) in [5.41, 5.74) is 1.18. The van der Waals surface area contributed by atoms with Gasteiger partial charge in [-0.3, -0.25) is 4.79 Å². The Hall–Kier alpha value is -2.62. The largest absolute Gasteiger partial charge is 0.325 e. The molecule has 0 saturated carbocycles. The highest BCUT2D eigenvalue weighted by Crippen LogP contribution is 2.21. The van der Waals surface area contributed by atoms with Gasteiger partial charge < -0.3 is 15.1 Å². The van der Waals surface area contributed by atoms with Crippen molar-refractivity contribution in [3.05, 3.63) is 23.4 Å². The Balaban J connectivity index is 1.54. The molecule has 0 bridgehead atoms. The first-order chi connectivity index (χ1) is 12.1. The molecule has 2 aliphatic heterocycles. The third-order valence-corrected chi connectivity index (χ3v) is 4.85. The number of amides is 3. The van der Waals surface area contributed by atoms with Gasteiger partial charge in [-0.15, -0.1) is 0 Å². The number of hydrogen-bond donors (Lipinski definition) is 1. The van der Waals surface area contributed by atoms with Gasteiger partial charge in [-0.1, -0.05) is 0 Å². The summed E-state index contributed by atoms with van der Waals surface area (Å²) in [5, 5.41) is 11.8. The zero-order valence-electron chi connectivity index (χ0n) is 14.5. The fourth-order valence-electron chi connectivity index (χ4n) is 3.47. The van der Waals surface area contributed by atoms with Crippen LogP contribution in [0.5, 0.6) is 0 Å². The van der Waals surface area contributed by atoms with E-state index in [1.54, 1.807) is 19.1 Å². The second-order valence-electron chi connectivity index (χ2n) is 6.72. The summed E-state index contributed by atoms with van der Waals surface area (Å²) in [6.07, 6.45) is 3.47. The first-order valence-electron chi connectivity index (χ1n) is 8.80. The highest BCUT2D eigenvalue weighted by molar-refractivity contribution is 5.92. The fourth-order valence-corrected chi connectivity index (χ4v) is 3.47. The highest BCUT2D eigenvalue weighted by atomic mass is 16.2. The lowest BCUT2D eigenvalue weighted by Gasteiger charge is -2.34. The van der Waals surface area contributed by atoms with Crippen LogP contribution in [0.1, 0.15) is 36.9 Å². The quantitative estimate of drug-likeness (QED) is 0.892. The number of hydrogen-bond acceptors (Lipinski definition) is 4. The Morgan fingerprint density at radius 1 is 1.16 bits per heavy atom. The minimum atomic E-state index is -0.129. The molecule has 0 aromatic carbocycles. The van der Waals surface area contributed by atoms with Crippen LogP contribution in [0.3, 0.4) is 0 Å². The number of carbonyl (C=O) groups excluding carboxylic acids is 2. The maximum atomic E-state index is 12.5. The molecule has 3 rings (SSSR count). The minimum Gasteiger partial charge on any atom is -0.325 e. The van der Waals surface area contributed by atoms with E-state index >= 15 is 0 Å². The van der Waals surface area contributed by atoms with Gasteiger partial charge in [-0.25, -0.2) is 9.78 Å². The number of carbonyl (C=O) groups is 2. The average molecular weight is 341 g/mol. The molecule has 1 aromatic heterocycles. The number of likely N-dealkylation sites (tertiary alicyclic amines) is 2. The predicted molar refractivity (Wildman–Crippen MR) is 92.8 cm³/mol. The molecule has 2 saturated heterocycles. The van der Waals surface area contributed by atoms with Crippen LogP contribution in [0.4, 0.5) is 10.6 Å². The lowest BCUT2D eigenvalue weighted by molar-refractivity contribution is -0.121. The van der Waals surface area contributed by atoms with E-state index in [1.165, 1.54) is 0 Å². The summed E-state index contributed by atoms with van der Waals surface area (Å²) in [5.74, 6) is 0.197. The number of aryl methyl sites for hydroxylation is 1. The van der Waals surface area contributed by atoms with Gasteiger partial charge in [0.15, 0.2) is 0 Å². The summed E-state index contributed by atoms with van der Waals surface area (Å²) in [6, 6.07) is 5.43. The van der Waals surface area contributed by atoms with Gasteiger partial charge in [0.1, 0.15) is 5.82 Å². The maximum absolute atomic E-state index is 12.5. The van der Waals surface area contributed by atoms with Crippen molar-refractivity contribution in [2.45, 2.75) is 32.6 Å². The number of nitriles is 1. The van der Waals surface area contributed by atoms with Gasteiger partial charge in [-0.05, 0) is 44.7 Å². The Morgan fingerprint density at radius 3 is 2.44 bits per heavy atom. The predicted octanol–water partition coefficient (Wildman–Crippen LogP) is 2.13. The molecule has 0 radical (unpaired) electrons. The number of pyridine rings is 1. The van der Waals surface area contributed by atoms with E-state index < -0.39 is 0 Å². The van der Waals surface area contributed by atoms with Crippen LogP contribution >= 0.6 is 0 Å². The average Bonchev–Trinajstić information content (AvgIpc) is 3.15. The van der Waals surface area contributed by atoms with Crippen molar-refractivity contribution in [2.24, 2.45) is 5.92 Å². The van der Waals surface area contributed by atoms with E-state index in [9.17, 15) is 9.59 Å². The van der Waals surface area contributed by atoms with Gasteiger partial charge in [0, 0.05) is 37.8 Å². The lowest BCUT2D eigenvalue weighted by atomic mass is 9.96. The summed E-state index contributed by atoms with van der Waals surface area (Å²) in [6.45, 7) is 4.70. The number of rotatable bonds is 2. The molecule has 3 amide bonds. The van der Waals surface area contributed by atoms with Crippen LogP contribution in [-0.4, -0.2) is 52.9 Å². The van der Waals surface area contributed by atoms with Crippen molar-refractivity contribution in [3.63, 3.8) is 0 Å². The molecule has 7 nitrogen and oxygen atoms in total. The molecule has 2 fully saturated rings. The maximum Gasteiger partial charge on any atom is 0.319 e. The molecule has 7 heteroatoms. The molecule has 0 aliphatic carbocycles. The van der Waals surface area contributed by atoms with E-state index in [0.29, 0.717) is 43.0 Å². The van der Waals surface area contributed by atoms with E-state index in [-0.39, 0.29) is 17.9 Å². The summed E-state index contributed by atoms with van der Waals surface area (Å²) in [7, 11) is 0. The number of piperidine rings is 1. The Kier molecular flexibility index (Phi) is 5.17. The monoisotopic (exact) mass is 341 g/mol. The van der Waals surface area contributed by atoms with Crippen molar-refractivity contribution < 1.29 is 9.59 Å². The molecule has 2 aliphatic rings. The fraction of sp³-hybridized carbons (Fsp3) is 0.556. The molecule has 3 heterocycles. The van der Waals surface area contributed by atoms with Crippen molar-refractivity contribution in [1.82, 2.24) is 14.8 Å². The van der Waals surface area contributed by atoms with Gasteiger partial charge in [0.2, 0.25) is 5.91 Å². The van der Waals surface area contributed by atoms with Crippen LogP contribution < -0.4 is 5.32 Å². The Bertz CT molecular complexity index is 698. The molecule has 1 N–H and O–H groups in total. The van der Waals surface area contributed by atoms with Crippen LogP contribution in [0.25, 0.3) is 0 Å². The van der Waals surface area contributed by atoms with Gasteiger partial charge in [0.05, 0.1) is 11.6 Å². The van der Waals surface area contributed by atoms with Gasteiger partial charge >= 0.3 is 6.03 Å². The summed E-state index contributed by atoms with van der Waals surface area (Å²) < 4.78 is 0. The Morgan fingerprint density at radius 2 is 1.80 bits per heavy atom. The minimum absolute atomic E-state index is 0.0877. The zero-order chi connectivity index (χ0) is 17.8. The topological polar surface area (TPSA) is 89.3 Å². The Labute approximate surface area is 147 Å². The first kappa shape index (κ1) is 17.2. The van der Waals surface area contributed by atoms with Crippen molar-refractivity contribution in [1.29, 1.82) is 5.26 Å². The first-order valence-corrected chi connectivity index (χ1v) is 8.80. The highest BCUT2D eigenvalue weighted by Gasteiger charge is 2.30. The van der Waals surface area contributed by atoms with Gasteiger partial charge in [0.25, 0.3) is 0 Å². The molecule has 0 unspecified atom stereocenters. The molecular formula is C18H23N5O2. The van der Waals surface area contributed by atoms with Crippen LogP contribution in [0.15, 0.2) is 12.1 Å². The third kappa shape index (κ3) is 4.08. The van der Waals surface area contributed by atoms with Crippen molar-refractivity contribution in [3.8, 4) is 6.07 Å². The summed E-state index contributed by atoms with van der Waals surface area (Å²) >= 11 is 0. The van der Waals surface area contributed by atoms with Crippen LogP contribution in [-0.2, 0) is 4.79 Å². The standard InChI is InChI=1S/C18H23N5O2/c1-13-10-14(12-19)11-16(20-13)21-17(24)15-4-8-23(9-5-15)18(25)22-6-2-3-7-22/h10-11,15H,2-9H2,1H3,(H,20,21,24). The molecule has 25 heavy (non-hydrogen) atoms. The summed E-state index contributed by atoms with van der Waals surface area (Å²) in [4.78, 5) is 32.9. The molecule has 132 valence electrons. The number of aromatic nitrogens is 1. The van der Waals surface area contributed by atoms with E-state index in [2.05, 4.69) is 16.4 Å².